The van der Waals surface area contributed by atoms with E-state index >= 15 is 0 Å². The lowest BCUT2D eigenvalue weighted by Crippen LogP contribution is -2.32. The lowest BCUT2D eigenvalue weighted by molar-refractivity contribution is -0.274. The lowest BCUT2D eigenvalue weighted by Gasteiger charge is -2.40. The van der Waals surface area contributed by atoms with Crippen molar-refractivity contribution in [2.75, 3.05) is 11.9 Å². The Morgan fingerprint density at radius 2 is 1.92 bits per heavy atom. The summed E-state index contributed by atoms with van der Waals surface area (Å²) in [6, 6.07) is 11.2. The molecular weight excluding hydrogens is 475 g/mol. The highest BCUT2D eigenvalue weighted by molar-refractivity contribution is 5.81. The number of aryl methyl sites for hydroxylation is 1. The molecule has 7 nitrogen and oxygen atoms in total. The van der Waals surface area contributed by atoms with Gasteiger partial charge >= 0.3 is 12.3 Å². The first-order valence-corrected chi connectivity index (χ1v) is 11.9. The first kappa shape index (κ1) is 25.8. The number of nitrogens with one attached hydrogen (secondary N) is 1. The van der Waals surface area contributed by atoms with Crippen molar-refractivity contribution in [1.29, 1.82) is 0 Å². The van der Waals surface area contributed by atoms with Crippen molar-refractivity contribution in [3.63, 3.8) is 0 Å². The molecule has 1 aliphatic carbocycles. The Labute approximate surface area is 206 Å². The fourth-order valence-electron chi connectivity index (χ4n) is 5.27. The number of aliphatic hydroxyl groups is 1. The van der Waals surface area contributed by atoms with Crippen molar-refractivity contribution in [1.82, 2.24) is 9.55 Å². The van der Waals surface area contributed by atoms with Crippen LogP contribution >= 0.6 is 0 Å². The van der Waals surface area contributed by atoms with Gasteiger partial charge in [-0.25, -0.2) is 4.98 Å². The fourth-order valence-corrected chi connectivity index (χ4v) is 5.27. The predicted molar refractivity (Wildman–Crippen MR) is 129 cm³/mol. The molecule has 3 aromatic rings. The Bertz CT molecular complexity index is 1220. The van der Waals surface area contributed by atoms with Crippen LogP contribution < -0.4 is 10.1 Å². The van der Waals surface area contributed by atoms with Crippen LogP contribution in [-0.4, -0.2) is 38.7 Å². The Morgan fingerprint density at radius 1 is 1.19 bits per heavy atom. The molecule has 2 aromatic carbocycles. The van der Waals surface area contributed by atoms with E-state index in [2.05, 4.69) is 28.5 Å². The van der Waals surface area contributed by atoms with Crippen LogP contribution in [-0.2, 0) is 11.2 Å². The number of aromatic nitrogens is 2. The topological polar surface area (TPSA) is 96.6 Å². The monoisotopic (exact) mass is 505 g/mol. The molecule has 1 saturated carbocycles. The third-order valence-electron chi connectivity index (χ3n) is 6.58. The second-order valence-corrected chi connectivity index (χ2v) is 10.2. The maximum Gasteiger partial charge on any atom is 0.573 e. The summed E-state index contributed by atoms with van der Waals surface area (Å²) in [7, 11) is 0. The number of carboxylic acids is 1. The average Bonchev–Trinajstić information content (AvgIpc) is 3.14. The number of rotatable bonds is 8. The standard InChI is InChI=1S/C26H30F3N3O4/c1-25(2)13-17(15-33)11-19(14-25)32-22-9-3-16(4-10-23(34)35)12-21(22)31-24(32)30-18-5-7-20(8-6-18)36-26(27,28)29/h3,5-9,12,17,19,33H,4,10-11,13-15H2,1-2H3,(H,30,31)(H,34,35)/t17-,19?/m0/s1. The summed E-state index contributed by atoms with van der Waals surface area (Å²) in [4.78, 5) is 15.8. The fraction of sp³-hybridized carbons (Fsp3) is 0.462. The van der Waals surface area contributed by atoms with Gasteiger partial charge in [-0.2, -0.15) is 0 Å². The summed E-state index contributed by atoms with van der Waals surface area (Å²) in [5.41, 5.74) is 2.96. The smallest absolute Gasteiger partial charge is 0.481 e. The highest BCUT2D eigenvalue weighted by Crippen LogP contribution is 2.46. The van der Waals surface area contributed by atoms with Crippen LogP contribution in [0.4, 0.5) is 24.8 Å². The number of imidazole rings is 1. The van der Waals surface area contributed by atoms with E-state index in [1.54, 1.807) is 0 Å². The van der Waals surface area contributed by atoms with Crippen molar-refractivity contribution in [3.05, 3.63) is 48.0 Å². The molecule has 1 aliphatic rings. The van der Waals surface area contributed by atoms with Gasteiger partial charge in [0.05, 0.1) is 11.0 Å². The summed E-state index contributed by atoms with van der Waals surface area (Å²) in [6.07, 6.45) is -1.83. The zero-order chi connectivity index (χ0) is 26.1. The van der Waals surface area contributed by atoms with E-state index in [1.807, 2.05) is 18.2 Å². The number of benzene rings is 2. The number of alkyl halides is 3. The molecule has 36 heavy (non-hydrogen) atoms. The van der Waals surface area contributed by atoms with Gasteiger partial charge in [0.25, 0.3) is 0 Å². The molecule has 0 aliphatic heterocycles. The number of carbonyl (C=O) groups is 1. The van der Waals surface area contributed by atoms with Gasteiger partial charge in [0, 0.05) is 24.8 Å². The van der Waals surface area contributed by atoms with Crippen molar-refractivity contribution in [2.24, 2.45) is 11.3 Å². The van der Waals surface area contributed by atoms with Crippen molar-refractivity contribution in [2.45, 2.75) is 58.4 Å². The van der Waals surface area contributed by atoms with E-state index in [-0.39, 0.29) is 36.2 Å². The number of halogens is 3. The molecule has 1 fully saturated rings. The van der Waals surface area contributed by atoms with Gasteiger partial charge in [0.2, 0.25) is 5.95 Å². The van der Waals surface area contributed by atoms with Gasteiger partial charge in [0.1, 0.15) is 5.75 Å². The number of anilines is 2. The van der Waals surface area contributed by atoms with Gasteiger partial charge in [-0.1, -0.05) is 19.9 Å². The highest BCUT2D eigenvalue weighted by atomic mass is 19.4. The van der Waals surface area contributed by atoms with Gasteiger partial charge < -0.3 is 24.8 Å². The third-order valence-corrected chi connectivity index (χ3v) is 6.58. The molecule has 194 valence electrons. The van der Waals surface area contributed by atoms with Gasteiger partial charge in [-0.3, -0.25) is 4.79 Å². The summed E-state index contributed by atoms with van der Waals surface area (Å²) in [6.45, 7) is 4.45. The maximum atomic E-state index is 12.5. The Hall–Kier alpha value is -3.27. The van der Waals surface area contributed by atoms with Crippen LogP contribution in [0.2, 0.25) is 0 Å². The predicted octanol–water partition coefficient (Wildman–Crippen LogP) is 6.06. The summed E-state index contributed by atoms with van der Waals surface area (Å²) in [5.74, 6) is -0.521. The van der Waals surface area contributed by atoms with Gasteiger partial charge in [-0.15, -0.1) is 13.2 Å². The van der Waals surface area contributed by atoms with Crippen LogP contribution in [0.15, 0.2) is 42.5 Å². The van der Waals surface area contributed by atoms with Crippen molar-refractivity contribution >= 4 is 28.6 Å². The number of aliphatic hydroxyl groups excluding tert-OH is 1. The minimum absolute atomic E-state index is 0.00217. The molecule has 4 rings (SSSR count). The van der Waals surface area contributed by atoms with Crippen LogP contribution in [0.3, 0.4) is 0 Å². The Kier molecular flexibility index (Phi) is 7.17. The first-order valence-electron chi connectivity index (χ1n) is 11.9. The summed E-state index contributed by atoms with van der Waals surface area (Å²) < 4.78 is 43.6. The number of carboxylic acid groups (broad SMARTS) is 1. The number of nitrogens with zero attached hydrogens (tertiary/aromatic N) is 2. The number of aliphatic carboxylic acids is 1. The summed E-state index contributed by atoms with van der Waals surface area (Å²) >= 11 is 0. The van der Waals surface area contributed by atoms with Gasteiger partial charge in [0.15, 0.2) is 0 Å². The first-order chi connectivity index (χ1) is 16.9. The highest BCUT2D eigenvalue weighted by Gasteiger charge is 2.36. The molecule has 0 bridgehead atoms. The number of hydrogen-bond donors (Lipinski definition) is 3. The zero-order valence-electron chi connectivity index (χ0n) is 20.2. The van der Waals surface area contributed by atoms with Crippen LogP contribution in [0.1, 0.15) is 51.1 Å². The number of hydrogen-bond acceptors (Lipinski definition) is 5. The molecular formula is C26H30F3N3O4. The third kappa shape index (κ3) is 6.29. The second kappa shape index (κ2) is 10.0. The van der Waals surface area contributed by atoms with Crippen molar-refractivity contribution < 1.29 is 32.9 Å². The van der Waals surface area contributed by atoms with E-state index in [9.17, 15) is 23.1 Å². The van der Waals surface area contributed by atoms with Crippen LogP contribution in [0.5, 0.6) is 5.75 Å². The minimum Gasteiger partial charge on any atom is -0.481 e. The minimum atomic E-state index is -4.77. The summed E-state index contributed by atoms with van der Waals surface area (Å²) in [5, 5.41) is 22.2. The van der Waals surface area contributed by atoms with E-state index < -0.39 is 12.3 Å². The SMILES string of the molecule is CC1(C)CC(n2c(Nc3ccc(OC(F)(F)F)cc3)nc3cc(CCC(=O)O)ccc32)C[C@H](CO)C1. The molecule has 10 heteroatoms. The molecule has 2 atom stereocenters. The van der Waals surface area contributed by atoms with Crippen LogP contribution in [0.25, 0.3) is 11.0 Å². The molecule has 1 aromatic heterocycles. The molecule has 1 unspecified atom stereocenters. The molecule has 3 N–H and O–H groups in total. The molecule has 0 saturated heterocycles. The normalized spacial score (nSPS) is 19.8. The molecule has 0 amide bonds. The molecule has 0 radical (unpaired) electrons. The zero-order valence-corrected chi connectivity index (χ0v) is 20.2. The Morgan fingerprint density at radius 3 is 2.56 bits per heavy atom. The van der Waals surface area contributed by atoms with E-state index in [4.69, 9.17) is 10.1 Å². The molecule has 1 heterocycles. The maximum absolute atomic E-state index is 12.5. The average molecular weight is 506 g/mol. The van der Waals surface area contributed by atoms with Gasteiger partial charge in [-0.05, 0) is 79.0 Å². The second-order valence-electron chi connectivity index (χ2n) is 10.2. The molecule has 0 spiro atoms. The number of fused-ring (bicyclic) bond motifs is 1. The van der Waals surface area contributed by atoms with E-state index in [0.717, 1.165) is 30.3 Å². The van der Waals surface area contributed by atoms with E-state index in [0.29, 0.717) is 23.6 Å². The van der Waals surface area contributed by atoms with Crippen molar-refractivity contribution in [3.8, 4) is 5.75 Å². The van der Waals surface area contributed by atoms with Crippen LogP contribution in [0, 0.1) is 11.3 Å². The Balaban J connectivity index is 1.71. The quantitative estimate of drug-likeness (QED) is 0.345. The van der Waals surface area contributed by atoms with E-state index in [1.165, 1.54) is 24.3 Å². The lowest BCUT2D eigenvalue weighted by atomic mass is 9.70. The number of ether oxygens (including phenoxy) is 1. The largest absolute Gasteiger partial charge is 0.573 e.